The lowest BCUT2D eigenvalue weighted by Crippen LogP contribution is -1.98. The second-order valence-corrected chi connectivity index (χ2v) is 3.94. The summed E-state index contributed by atoms with van der Waals surface area (Å²) in [5.74, 6) is 0. The van der Waals surface area contributed by atoms with Crippen molar-refractivity contribution in [2.24, 2.45) is 0 Å². The van der Waals surface area contributed by atoms with Crippen LogP contribution in [0.4, 0.5) is 0 Å². The Hall–Kier alpha value is 0.780. The third kappa shape index (κ3) is 8.78. The van der Waals surface area contributed by atoms with Crippen molar-refractivity contribution in [3.63, 3.8) is 0 Å². The van der Waals surface area contributed by atoms with Gasteiger partial charge in [-0.2, -0.15) is 0 Å². The van der Waals surface area contributed by atoms with Crippen LogP contribution in [-0.4, -0.2) is 22.7 Å². The molecule has 0 radical (unpaired) electrons. The highest BCUT2D eigenvalue weighted by atomic mass is 31.1. The van der Waals surface area contributed by atoms with Crippen molar-refractivity contribution >= 4 is 18.8 Å². The molecule has 56 valence electrons. The molecule has 0 rings (SSSR count). The second-order valence-electron chi connectivity index (χ2n) is 2.02. The van der Waals surface area contributed by atoms with E-state index < -0.39 is 0 Å². The Morgan fingerprint density at radius 2 is 1.78 bits per heavy atom. The summed E-state index contributed by atoms with van der Waals surface area (Å²) < 4.78 is 2.00. The minimum Gasteiger partial charge on any atom is -0.396 e. The van der Waals surface area contributed by atoms with E-state index in [0.717, 1.165) is 25.8 Å². The molecule has 9 heavy (non-hydrogen) atoms. The number of nitrogens with zero attached hydrogens (tertiary/aromatic N) is 1. The lowest BCUT2D eigenvalue weighted by Gasteiger charge is -2.06. The molecule has 2 nitrogen and oxygen atoms in total. The molecule has 0 aromatic heterocycles. The number of hydrogen-bond donors (Lipinski definition) is 1. The van der Waals surface area contributed by atoms with E-state index in [1.54, 1.807) is 0 Å². The van der Waals surface area contributed by atoms with Crippen LogP contribution < -0.4 is 0 Å². The molecule has 0 amide bonds. The van der Waals surface area contributed by atoms with E-state index in [4.69, 9.17) is 5.11 Å². The first-order chi connectivity index (χ1) is 4.27. The molecular weight excluding hydrogens is 152 g/mol. The summed E-state index contributed by atoms with van der Waals surface area (Å²) in [5, 5.41) is 8.41. The van der Waals surface area contributed by atoms with Gasteiger partial charge in [0.15, 0.2) is 0 Å². The van der Waals surface area contributed by atoms with Gasteiger partial charge in [-0.25, -0.2) is 0 Å². The molecule has 0 aromatic rings. The van der Waals surface area contributed by atoms with Gasteiger partial charge in [-0.05, 0) is 19.3 Å². The summed E-state index contributed by atoms with van der Waals surface area (Å²) in [7, 11) is 5.16. The van der Waals surface area contributed by atoms with Crippen LogP contribution in [0.15, 0.2) is 0 Å². The average Bonchev–Trinajstić information content (AvgIpc) is 1.80. The fourth-order valence-corrected chi connectivity index (χ4v) is 0.948. The molecule has 0 spiro atoms. The Bertz CT molecular complexity index is 60.9. The number of hydrogen-bond acceptors (Lipinski definition) is 2. The summed E-state index contributed by atoms with van der Waals surface area (Å²) in [4.78, 5) is 0. The second kappa shape index (κ2) is 6.89. The smallest absolute Gasteiger partial charge is 0.0431 e. The van der Waals surface area contributed by atoms with Crippen molar-refractivity contribution in [1.29, 1.82) is 0 Å². The number of aliphatic hydroxyl groups is 1. The molecule has 1 N–H and O–H groups in total. The predicted octanol–water partition coefficient (Wildman–Crippen LogP) is 1.03. The molecule has 0 bridgehead atoms. The van der Waals surface area contributed by atoms with Gasteiger partial charge in [-0.3, -0.25) is 4.44 Å². The summed E-state index contributed by atoms with van der Waals surface area (Å²) in [5.41, 5.74) is 0. The zero-order chi connectivity index (χ0) is 7.11. The van der Waals surface area contributed by atoms with Crippen molar-refractivity contribution in [3.8, 4) is 0 Å². The van der Waals surface area contributed by atoms with Gasteiger partial charge < -0.3 is 5.11 Å². The van der Waals surface area contributed by atoms with Crippen LogP contribution in [0.2, 0.25) is 0 Å². The van der Waals surface area contributed by atoms with Gasteiger partial charge in [-0.1, -0.05) is 18.8 Å². The van der Waals surface area contributed by atoms with Crippen LogP contribution in [0.5, 0.6) is 0 Å². The van der Waals surface area contributed by atoms with Crippen molar-refractivity contribution < 1.29 is 5.11 Å². The molecule has 2 atom stereocenters. The molecule has 0 fully saturated rings. The minimum absolute atomic E-state index is 0.327. The highest BCUT2D eigenvalue weighted by Crippen LogP contribution is 2.07. The normalized spacial score (nSPS) is 10.7. The minimum atomic E-state index is 0.327. The van der Waals surface area contributed by atoms with Gasteiger partial charge in [0.25, 0.3) is 0 Å². The lowest BCUT2D eigenvalue weighted by atomic mass is 10.2. The first-order valence-electron chi connectivity index (χ1n) is 3.15. The zero-order valence-corrected chi connectivity index (χ0v) is 7.89. The fraction of sp³-hybridized carbons (Fsp3) is 1.00. The molecule has 0 aliphatic heterocycles. The molecule has 0 aromatic carbocycles. The molecule has 0 saturated carbocycles. The topological polar surface area (TPSA) is 23.5 Å². The summed E-state index contributed by atoms with van der Waals surface area (Å²) in [6.45, 7) is 1.39. The molecular formula is C5H15NOP2. The highest BCUT2D eigenvalue weighted by Gasteiger charge is 1.89. The third-order valence-electron chi connectivity index (χ3n) is 1.07. The molecule has 0 saturated heterocycles. The molecule has 4 heteroatoms. The summed E-state index contributed by atoms with van der Waals surface area (Å²) >= 11 is 0. The maximum Gasteiger partial charge on any atom is 0.0431 e. The lowest BCUT2D eigenvalue weighted by molar-refractivity contribution is 0.282. The Morgan fingerprint density at radius 1 is 1.11 bits per heavy atom. The molecule has 0 aliphatic carbocycles. The van der Waals surface area contributed by atoms with Gasteiger partial charge in [0.2, 0.25) is 0 Å². The third-order valence-corrected chi connectivity index (χ3v) is 1.59. The fourth-order valence-electron chi connectivity index (χ4n) is 0.583. The average molecular weight is 167 g/mol. The Kier molecular flexibility index (Phi) is 7.49. The summed E-state index contributed by atoms with van der Waals surface area (Å²) in [6, 6.07) is 0. The van der Waals surface area contributed by atoms with Crippen LogP contribution in [-0.2, 0) is 0 Å². The van der Waals surface area contributed by atoms with Crippen LogP contribution >= 0.6 is 18.8 Å². The number of rotatable bonds is 5. The predicted molar refractivity (Wildman–Crippen MR) is 47.1 cm³/mol. The van der Waals surface area contributed by atoms with Crippen LogP contribution in [0.1, 0.15) is 19.3 Å². The van der Waals surface area contributed by atoms with Crippen molar-refractivity contribution in [3.05, 3.63) is 0 Å². The molecule has 0 heterocycles. The molecule has 2 unspecified atom stereocenters. The first kappa shape index (κ1) is 9.78. The first-order valence-corrected chi connectivity index (χ1v) is 4.18. The number of unbranched alkanes of at least 4 members (excludes halogenated alkanes) is 2. The zero-order valence-electron chi connectivity index (χ0n) is 5.58. The largest absolute Gasteiger partial charge is 0.396 e. The summed E-state index contributed by atoms with van der Waals surface area (Å²) in [6.07, 6.45) is 3.21. The van der Waals surface area contributed by atoms with Crippen molar-refractivity contribution in [1.82, 2.24) is 4.44 Å². The van der Waals surface area contributed by atoms with Gasteiger partial charge in [0.1, 0.15) is 0 Å². The van der Waals surface area contributed by atoms with E-state index in [9.17, 15) is 0 Å². The van der Waals surface area contributed by atoms with E-state index in [2.05, 4.69) is 18.8 Å². The Labute approximate surface area is 61.5 Å². The SMILES string of the molecule is OCCCCCN(P)P. The quantitative estimate of drug-likeness (QED) is 0.488. The van der Waals surface area contributed by atoms with E-state index in [1.807, 2.05) is 4.44 Å². The van der Waals surface area contributed by atoms with Gasteiger partial charge in [0, 0.05) is 13.2 Å². The van der Waals surface area contributed by atoms with Crippen LogP contribution in [0.25, 0.3) is 0 Å². The Balaban J connectivity index is 2.75. The van der Waals surface area contributed by atoms with E-state index in [0.29, 0.717) is 6.61 Å². The van der Waals surface area contributed by atoms with Crippen molar-refractivity contribution in [2.45, 2.75) is 19.3 Å². The van der Waals surface area contributed by atoms with E-state index in [1.165, 1.54) is 0 Å². The van der Waals surface area contributed by atoms with Crippen LogP contribution in [0.3, 0.4) is 0 Å². The monoisotopic (exact) mass is 167 g/mol. The van der Waals surface area contributed by atoms with Gasteiger partial charge in [-0.15, -0.1) is 0 Å². The van der Waals surface area contributed by atoms with Gasteiger partial charge >= 0.3 is 0 Å². The standard InChI is InChI=1S/C5H15NOP2/c7-5-3-1-2-4-6(8)9/h7H,1-5,8-9H2. The maximum atomic E-state index is 8.41. The maximum absolute atomic E-state index is 8.41. The Morgan fingerprint density at radius 3 is 2.22 bits per heavy atom. The van der Waals surface area contributed by atoms with E-state index >= 15 is 0 Å². The molecule has 0 aliphatic rings. The number of aliphatic hydroxyl groups excluding tert-OH is 1. The van der Waals surface area contributed by atoms with Crippen LogP contribution in [0, 0.1) is 0 Å². The van der Waals surface area contributed by atoms with Gasteiger partial charge in [0.05, 0.1) is 0 Å². The van der Waals surface area contributed by atoms with Crippen molar-refractivity contribution in [2.75, 3.05) is 13.2 Å². The van der Waals surface area contributed by atoms with E-state index in [-0.39, 0.29) is 0 Å². The highest BCUT2D eigenvalue weighted by molar-refractivity contribution is 7.30.